The number of anilines is 2. The Kier molecular flexibility index (Phi) is 6.39. The molecule has 0 heterocycles. The van der Waals surface area contributed by atoms with Gasteiger partial charge in [0.15, 0.2) is 0 Å². The van der Waals surface area contributed by atoms with Gasteiger partial charge in [0.1, 0.15) is 0 Å². The minimum Gasteiger partial charge on any atom is -0.349 e. The molecule has 152 valence electrons. The van der Waals surface area contributed by atoms with Gasteiger partial charge in [0.05, 0.1) is 10.6 Å². The number of hydrogen-bond donors (Lipinski definition) is 4. The normalized spacial score (nSPS) is 13.0. The summed E-state index contributed by atoms with van der Waals surface area (Å²) < 4.78 is 0. The zero-order valence-corrected chi connectivity index (χ0v) is 17.0. The third kappa shape index (κ3) is 5.96. The summed E-state index contributed by atoms with van der Waals surface area (Å²) in [5.41, 5.74) is 1.87. The highest BCUT2D eigenvalue weighted by atomic mass is 35.5. The molecular formula is C21H23ClN4O3. The quantitative estimate of drug-likeness (QED) is 0.574. The van der Waals surface area contributed by atoms with Gasteiger partial charge in [-0.05, 0) is 69.2 Å². The van der Waals surface area contributed by atoms with Gasteiger partial charge < -0.3 is 21.3 Å². The molecule has 1 fully saturated rings. The van der Waals surface area contributed by atoms with Crippen molar-refractivity contribution in [2.75, 3.05) is 10.6 Å². The summed E-state index contributed by atoms with van der Waals surface area (Å²) in [6, 6.07) is 11.3. The number of hydrogen-bond acceptors (Lipinski definition) is 3. The Morgan fingerprint density at radius 3 is 2.17 bits per heavy atom. The van der Waals surface area contributed by atoms with Crippen molar-refractivity contribution < 1.29 is 14.4 Å². The van der Waals surface area contributed by atoms with Crippen molar-refractivity contribution in [3.05, 3.63) is 58.6 Å². The smallest absolute Gasteiger partial charge is 0.319 e. The first-order valence-electron chi connectivity index (χ1n) is 9.41. The molecule has 8 heteroatoms. The Morgan fingerprint density at radius 2 is 1.59 bits per heavy atom. The largest absolute Gasteiger partial charge is 0.349 e. The zero-order valence-electron chi connectivity index (χ0n) is 16.2. The average Bonchev–Trinajstić information content (AvgIpc) is 3.45. The molecule has 29 heavy (non-hydrogen) atoms. The minimum atomic E-state index is -0.325. The summed E-state index contributed by atoms with van der Waals surface area (Å²) in [6.45, 7) is 3.73. The van der Waals surface area contributed by atoms with Gasteiger partial charge in [-0.2, -0.15) is 0 Å². The summed E-state index contributed by atoms with van der Waals surface area (Å²) in [6.07, 6.45) is 1.99. The molecule has 1 saturated carbocycles. The second-order valence-corrected chi connectivity index (χ2v) is 7.63. The average molecular weight is 415 g/mol. The van der Waals surface area contributed by atoms with Crippen LogP contribution in [0.25, 0.3) is 0 Å². The molecule has 0 aliphatic heterocycles. The van der Waals surface area contributed by atoms with Crippen LogP contribution in [0.15, 0.2) is 42.5 Å². The molecule has 3 rings (SSSR count). The zero-order chi connectivity index (χ0) is 21.0. The van der Waals surface area contributed by atoms with Crippen LogP contribution < -0.4 is 21.3 Å². The highest BCUT2D eigenvalue weighted by Crippen LogP contribution is 2.24. The SMILES string of the molecule is CC(C)NC(=O)Nc1ccc(C(=O)Nc2ccc(C(=O)NC3CC3)c(Cl)c2)cc1. The van der Waals surface area contributed by atoms with Crippen LogP contribution in [0.2, 0.25) is 5.02 Å². The van der Waals surface area contributed by atoms with Crippen molar-refractivity contribution in [3.8, 4) is 0 Å². The van der Waals surface area contributed by atoms with E-state index in [2.05, 4.69) is 21.3 Å². The number of rotatable bonds is 6. The van der Waals surface area contributed by atoms with Crippen LogP contribution in [0.4, 0.5) is 16.2 Å². The molecule has 2 aromatic carbocycles. The molecule has 1 aliphatic rings. The van der Waals surface area contributed by atoms with Crippen LogP contribution in [0.1, 0.15) is 47.4 Å². The second kappa shape index (κ2) is 8.96. The van der Waals surface area contributed by atoms with Crippen LogP contribution in [-0.4, -0.2) is 29.9 Å². The molecule has 1 aliphatic carbocycles. The van der Waals surface area contributed by atoms with E-state index in [4.69, 9.17) is 11.6 Å². The molecule has 0 radical (unpaired) electrons. The topological polar surface area (TPSA) is 99.3 Å². The number of carbonyl (C=O) groups is 3. The molecule has 4 amide bonds. The van der Waals surface area contributed by atoms with E-state index in [0.29, 0.717) is 22.5 Å². The van der Waals surface area contributed by atoms with Gasteiger partial charge >= 0.3 is 6.03 Å². The van der Waals surface area contributed by atoms with Crippen molar-refractivity contribution in [1.82, 2.24) is 10.6 Å². The van der Waals surface area contributed by atoms with E-state index < -0.39 is 0 Å². The molecule has 0 atom stereocenters. The maximum Gasteiger partial charge on any atom is 0.319 e. The molecule has 7 nitrogen and oxygen atoms in total. The van der Waals surface area contributed by atoms with Crippen molar-refractivity contribution in [2.45, 2.75) is 38.8 Å². The molecule has 0 saturated heterocycles. The number of nitrogens with one attached hydrogen (secondary N) is 4. The molecule has 2 aromatic rings. The molecule has 4 N–H and O–H groups in total. The first-order chi connectivity index (χ1) is 13.8. The van der Waals surface area contributed by atoms with Crippen LogP contribution >= 0.6 is 11.6 Å². The van der Waals surface area contributed by atoms with E-state index in [-0.39, 0.29) is 35.0 Å². The maximum atomic E-state index is 12.4. The summed E-state index contributed by atoms with van der Waals surface area (Å²) in [5.74, 6) is -0.533. The number of benzene rings is 2. The van der Waals surface area contributed by atoms with Crippen molar-refractivity contribution in [3.63, 3.8) is 0 Å². The van der Waals surface area contributed by atoms with E-state index in [1.54, 1.807) is 42.5 Å². The standard InChI is InChI=1S/C21H23ClN4O3/c1-12(2)23-21(29)26-15-5-3-13(4-6-15)19(27)25-16-9-10-17(18(22)11-16)20(28)24-14-7-8-14/h3-6,9-12,14H,7-8H2,1-2H3,(H,24,28)(H,25,27)(H2,23,26,29). The van der Waals surface area contributed by atoms with E-state index in [1.165, 1.54) is 0 Å². The number of carbonyl (C=O) groups excluding carboxylic acids is 3. The summed E-state index contributed by atoms with van der Waals surface area (Å²) in [4.78, 5) is 36.3. The van der Waals surface area contributed by atoms with Crippen LogP contribution in [0.3, 0.4) is 0 Å². The highest BCUT2D eigenvalue weighted by molar-refractivity contribution is 6.34. The number of urea groups is 1. The third-order valence-corrected chi connectivity index (χ3v) is 4.52. The number of halogens is 1. The molecule has 0 bridgehead atoms. The fraction of sp³-hybridized carbons (Fsp3) is 0.286. The van der Waals surface area contributed by atoms with Crippen LogP contribution in [-0.2, 0) is 0 Å². The molecule has 0 spiro atoms. The van der Waals surface area contributed by atoms with E-state index in [9.17, 15) is 14.4 Å². The molecule has 0 unspecified atom stereocenters. The van der Waals surface area contributed by atoms with Crippen LogP contribution in [0, 0.1) is 0 Å². The lowest BCUT2D eigenvalue weighted by atomic mass is 10.1. The lowest BCUT2D eigenvalue weighted by Gasteiger charge is -2.11. The fourth-order valence-electron chi connectivity index (χ4n) is 2.61. The van der Waals surface area contributed by atoms with Gasteiger partial charge in [0.25, 0.3) is 11.8 Å². The van der Waals surface area contributed by atoms with Crippen molar-refractivity contribution in [1.29, 1.82) is 0 Å². The first-order valence-corrected chi connectivity index (χ1v) is 9.79. The van der Waals surface area contributed by atoms with Gasteiger partial charge in [0, 0.05) is 29.0 Å². The predicted molar refractivity (Wildman–Crippen MR) is 114 cm³/mol. The monoisotopic (exact) mass is 414 g/mol. The van der Waals surface area contributed by atoms with Gasteiger partial charge in [-0.3, -0.25) is 9.59 Å². The minimum absolute atomic E-state index is 0.0260. The van der Waals surface area contributed by atoms with E-state index in [0.717, 1.165) is 12.8 Å². The summed E-state index contributed by atoms with van der Waals surface area (Å²) >= 11 is 6.20. The number of amides is 4. The molecular weight excluding hydrogens is 392 g/mol. The first kappa shape index (κ1) is 20.7. The maximum absolute atomic E-state index is 12.4. The Bertz CT molecular complexity index is 924. The molecule has 0 aromatic heterocycles. The Labute approximate surface area is 174 Å². The Hall–Kier alpha value is -3.06. The van der Waals surface area contributed by atoms with E-state index >= 15 is 0 Å². The Morgan fingerprint density at radius 1 is 0.931 bits per heavy atom. The van der Waals surface area contributed by atoms with Gasteiger partial charge in [-0.15, -0.1) is 0 Å². The third-order valence-electron chi connectivity index (χ3n) is 4.21. The lowest BCUT2D eigenvalue weighted by Crippen LogP contribution is -2.34. The van der Waals surface area contributed by atoms with E-state index in [1.807, 2.05) is 13.8 Å². The summed E-state index contributed by atoms with van der Waals surface area (Å²) in [7, 11) is 0. The fourth-order valence-corrected chi connectivity index (χ4v) is 2.87. The van der Waals surface area contributed by atoms with Gasteiger partial charge in [0.2, 0.25) is 0 Å². The van der Waals surface area contributed by atoms with Crippen LogP contribution in [0.5, 0.6) is 0 Å². The lowest BCUT2D eigenvalue weighted by molar-refractivity contribution is 0.0950. The van der Waals surface area contributed by atoms with Crippen molar-refractivity contribution >= 4 is 40.8 Å². The van der Waals surface area contributed by atoms with Gasteiger partial charge in [-0.25, -0.2) is 4.79 Å². The summed E-state index contributed by atoms with van der Waals surface area (Å²) in [5, 5.41) is 11.3. The van der Waals surface area contributed by atoms with Crippen molar-refractivity contribution in [2.24, 2.45) is 0 Å². The Balaban J connectivity index is 1.60. The predicted octanol–water partition coefficient (Wildman–Crippen LogP) is 4.01. The second-order valence-electron chi connectivity index (χ2n) is 7.23. The van der Waals surface area contributed by atoms with Gasteiger partial charge in [-0.1, -0.05) is 11.6 Å². The highest BCUT2D eigenvalue weighted by Gasteiger charge is 2.24.